The second-order valence-electron chi connectivity index (χ2n) is 10.6. The lowest BCUT2D eigenvalue weighted by Crippen LogP contribution is -2.34. The van der Waals surface area contributed by atoms with Crippen LogP contribution < -0.4 is 25.6 Å². The van der Waals surface area contributed by atoms with Crippen LogP contribution in [0.4, 0.5) is 41.0 Å². The third-order valence-electron chi connectivity index (χ3n) is 7.43. The minimum Gasteiger partial charge on any atom is -0.438 e. The number of hydrogen-bond acceptors (Lipinski definition) is 8. The van der Waals surface area contributed by atoms with Gasteiger partial charge in [-0.3, -0.25) is 0 Å². The van der Waals surface area contributed by atoms with Crippen LogP contribution in [0.1, 0.15) is 17.5 Å². The highest BCUT2D eigenvalue weighted by atomic mass is 19.4. The van der Waals surface area contributed by atoms with Gasteiger partial charge in [0.1, 0.15) is 5.75 Å². The predicted molar refractivity (Wildman–Crippen MR) is 164 cm³/mol. The number of hydrogen-bond donors (Lipinski definition) is 3. The molecule has 1 aliphatic rings. The fourth-order valence-electron chi connectivity index (χ4n) is 5.07. The fraction of sp³-hybridized carbons (Fsp3) is 0.290. The van der Waals surface area contributed by atoms with Crippen LogP contribution in [0.5, 0.6) is 11.6 Å². The highest BCUT2D eigenvalue weighted by Gasteiger charge is 2.32. The summed E-state index contributed by atoms with van der Waals surface area (Å²) in [6.07, 6.45) is -0.446. The molecule has 13 heteroatoms. The molecular weight excluding hydrogens is 573 g/mol. The van der Waals surface area contributed by atoms with Crippen molar-refractivity contribution in [2.75, 3.05) is 55.1 Å². The normalized spacial score (nSPS) is 15.1. The van der Waals surface area contributed by atoms with Gasteiger partial charge < -0.3 is 30.5 Å². The van der Waals surface area contributed by atoms with E-state index in [0.717, 1.165) is 31.6 Å². The van der Waals surface area contributed by atoms with Crippen LogP contribution in [-0.2, 0) is 6.18 Å². The summed E-state index contributed by atoms with van der Waals surface area (Å²) >= 11 is 0. The van der Waals surface area contributed by atoms with Gasteiger partial charge in [-0.25, -0.2) is 19.7 Å². The lowest BCUT2D eigenvalue weighted by molar-refractivity contribution is -0.137. The number of rotatable bonds is 8. The molecule has 0 aliphatic carbocycles. The molecule has 0 radical (unpaired) electrons. The van der Waals surface area contributed by atoms with Gasteiger partial charge in [0, 0.05) is 44.8 Å². The Bertz CT molecular complexity index is 1650. The number of urea groups is 1. The number of carbonyl (C=O) groups excluding carboxylic acids is 1. The van der Waals surface area contributed by atoms with Crippen molar-refractivity contribution in [3.8, 4) is 22.9 Å². The van der Waals surface area contributed by atoms with Crippen LogP contribution in [0.3, 0.4) is 0 Å². The van der Waals surface area contributed by atoms with Gasteiger partial charge in [-0.15, -0.1) is 0 Å². The topological polar surface area (TPSA) is 108 Å². The first-order valence-electron chi connectivity index (χ1n) is 14.0. The number of aromatic nitrogens is 3. The van der Waals surface area contributed by atoms with Gasteiger partial charge in [-0.2, -0.15) is 13.2 Å². The Balaban J connectivity index is 1.33. The molecule has 2 amide bonds. The van der Waals surface area contributed by atoms with Gasteiger partial charge in [0.15, 0.2) is 0 Å². The summed E-state index contributed by atoms with van der Waals surface area (Å²) in [5.41, 5.74) is 2.15. The van der Waals surface area contributed by atoms with E-state index in [1.165, 1.54) is 6.07 Å². The number of nitrogens with one attached hydrogen (secondary N) is 3. The fourth-order valence-corrected chi connectivity index (χ4v) is 5.07. The first kappa shape index (κ1) is 30.5. The van der Waals surface area contributed by atoms with E-state index in [4.69, 9.17) is 4.74 Å². The molecule has 2 aromatic carbocycles. The molecule has 1 fully saturated rings. The lowest BCUT2D eigenvalue weighted by atomic mass is 10.1. The molecule has 1 saturated heterocycles. The third kappa shape index (κ3) is 7.00. The molecule has 0 saturated carbocycles. The van der Waals surface area contributed by atoms with Crippen molar-refractivity contribution in [1.82, 2.24) is 19.9 Å². The maximum absolute atomic E-state index is 13.6. The molecule has 1 atom stereocenters. The van der Waals surface area contributed by atoms with Gasteiger partial charge in [-0.05, 0) is 87.1 Å². The Morgan fingerprint density at radius 1 is 1.07 bits per heavy atom. The summed E-state index contributed by atoms with van der Waals surface area (Å²) in [7, 11) is 5.55. The molecule has 0 bridgehead atoms. The molecule has 0 unspecified atom stereocenters. The lowest BCUT2D eigenvalue weighted by Gasteiger charge is -2.29. The summed E-state index contributed by atoms with van der Waals surface area (Å²) < 4.78 is 46.8. The molecule has 230 valence electrons. The quantitative estimate of drug-likeness (QED) is 0.209. The summed E-state index contributed by atoms with van der Waals surface area (Å²) in [4.78, 5) is 30.1. The Morgan fingerprint density at radius 3 is 2.59 bits per heavy atom. The minimum atomic E-state index is -4.55. The Morgan fingerprint density at radius 2 is 1.89 bits per heavy atom. The predicted octanol–water partition coefficient (Wildman–Crippen LogP) is 6.48. The van der Waals surface area contributed by atoms with E-state index in [-0.39, 0.29) is 11.7 Å². The van der Waals surface area contributed by atoms with E-state index in [2.05, 4.69) is 35.8 Å². The van der Waals surface area contributed by atoms with Gasteiger partial charge in [0.25, 0.3) is 0 Å². The van der Waals surface area contributed by atoms with Crippen molar-refractivity contribution in [3.63, 3.8) is 0 Å². The van der Waals surface area contributed by atoms with Crippen molar-refractivity contribution in [1.29, 1.82) is 0 Å². The minimum absolute atomic E-state index is 0.0693. The summed E-state index contributed by atoms with van der Waals surface area (Å²) in [5.74, 6) is 1.30. The molecule has 3 heterocycles. The SMILES string of the molecule is CNc1nccc(-c2cccnc2Oc2ccc(NC(=O)Nc3cc(C(F)(F)F)ccc3N(C)[C@@H]3CCN(C)C3)cc2C)n1. The monoisotopic (exact) mass is 606 g/mol. The third-order valence-corrected chi connectivity index (χ3v) is 7.43. The van der Waals surface area contributed by atoms with Crippen molar-refractivity contribution in [2.24, 2.45) is 0 Å². The molecule has 10 nitrogen and oxygen atoms in total. The van der Waals surface area contributed by atoms with Crippen LogP contribution in [0, 0.1) is 6.92 Å². The maximum Gasteiger partial charge on any atom is 0.416 e. The number of benzene rings is 2. The van der Waals surface area contributed by atoms with E-state index >= 15 is 0 Å². The van der Waals surface area contributed by atoms with Gasteiger partial charge in [-0.1, -0.05) is 0 Å². The first-order valence-corrected chi connectivity index (χ1v) is 14.0. The number of alkyl halides is 3. The Labute approximate surface area is 253 Å². The van der Waals surface area contributed by atoms with E-state index < -0.39 is 17.8 Å². The molecule has 3 N–H and O–H groups in total. The number of likely N-dealkylation sites (N-methyl/N-ethyl adjacent to an activating group) is 2. The molecule has 4 aromatic rings. The largest absolute Gasteiger partial charge is 0.438 e. The number of nitrogens with zero attached hydrogens (tertiary/aromatic N) is 5. The van der Waals surface area contributed by atoms with E-state index in [9.17, 15) is 18.0 Å². The molecular formula is C31H33F3N8O2. The smallest absolute Gasteiger partial charge is 0.416 e. The van der Waals surface area contributed by atoms with Gasteiger partial charge >= 0.3 is 12.2 Å². The van der Waals surface area contributed by atoms with Gasteiger partial charge in [0.2, 0.25) is 11.8 Å². The highest BCUT2D eigenvalue weighted by Crippen LogP contribution is 2.37. The van der Waals surface area contributed by atoms with E-state index in [1.807, 2.05) is 32.0 Å². The number of amides is 2. The van der Waals surface area contributed by atoms with Crippen LogP contribution in [0.25, 0.3) is 11.3 Å². The van der Waals surface area contributed by atoms with Crippen molar-refractivity contribution in [3.05, 3.63) is 78.1 Å². The average Bonchev–Trinajstić information content (AvgIpc) is 3.44. The standard InChI is InChI=1S/C31H33F3N8O2/c1-19-16-21(8-10-27(19)44-28-23(6-5-13-36-28)24-11-14-37-29(35-2)39-24)38-30(43)40-25-17-20(31(32,33)34)7-9-26(25)42(4)22-12-15-41(3)18-22/h5-11,13-14,16-17,22H,12,15,18H2,1-4H3,(H,35,37,39)(H2,38,40,43)/t22-/m1/s1. The molecule has 5 rings (SSSR count). The zero-order valence-electron chi connectivity index (χ0n) is 24.7. The first-order chi connectivity index (χ1) is 21.0. The zero-order valence-corrected chi connectivity index (χ0v) is 24.7. The van der Waals surface area contributed by atoms with Crippen molar-refractivity contribution >= 4 is 29.0 Å². The number of halogens is 3. The summed E-state index contributed by atoms with van der Waals surface area (Å²) in [5, 5.41) is 8.26. The number of anilines is 4. The molecule has 44 heavy (non-hydrogen) atoms. The maximum atomic E-state index is 13.6. The Kier molecular flexibility index (Phi) is 8.86. The summed E-state index contributed by atoms with van der Waals surface area (Å²) in [6, 6.07) is 13.2. The van der Waals surface area contributed by atoms with Crippen molar-refractivity contribution in [2.45, 2.75) is 25.6 Å². The zero-order chi connectivity index (χ0) is 31.4. The van der Waals surface area contributed by atoms with Crippen LogP contribution in [0.15, 0.2) is 67.0 Å². The average molecular weight is 607 g/mol. The van der Waals surface area contributed by atoms with Crippen LogP contribution >= 0.6 is 0 Å². The number of pyridine rings is 1. The van der Waals surface area contributed by atoms with Crippen LogP contribution in [0.2, 0.25) is 0 Å². The second-order valence-corrected chi connectivity index (χ2v) is 10.6. The second kappa shape index (κ2) is 12.8. The molecule has 2 aromatic heterocycles. The van der Waals surface area contributed by atoms with E-state index in [1.54, 1.807) is 49.8 Å². The number of ether oxygens (including phenoxy) is 1. The Hall–Kier alpha value is -4.91. The number of carbonyl (C=O) groups is 1. The van der Waals surface area contributed by atoms with E-state index in [0.29, 0.717) is 45.8 Å². The molecule has 1 aliphatic heterocycles. The van der Waals surface area contributed by atoms with Gasteiger partial charge in [0.05, 0.1) is 28.2 Å². The number of aryl methyl sites for hydroxylation is 1. The molecule has 0 spiro atoms. The number of likely N-dealkylation sites (tertiary alicyclic amines) is 1. The van der Waals surface area contributed by atoms with Crippen molar-refractivity contribution < 1.29 is 22.7 Å². The highest BCUT2D eigenvalue weighted by molar-refractivity contribution is 6.02. The van der Waals surface area contributed by atoms with Crippen LogP contribution in [-0.4, -0.2) is 66.2 Å². The summed E-state index contributed by atoms with van der Waals surface area (Å²) in [6.45, 7) is 3.47.